The largest absolute Gasteiger partial charge is 0.378 e. The van der Waals surface area contributed by atoms with Crippen LogP contribution in [0.2, 0.25) is 0 Å². The maximum absolute atomic E-state index is 5.51. The first-order chi connectivity index (χ1) is 6.29. The van der Waals surface area contributed by atoms with Gasteiger partial charge in [-0.25, -0.2) is 0 Å². The van der Waals surface area contributed by atoms with Crippen molar-refractivity contribution < 1.29 is 4.74 Å². The van der Waals surface area contributed by atoms with Gasteiger partial charge in [0.05, 0.1) is 6.10 Å². The standard InChI is InChI=1S/C11H21NO/c1-3-13-11-5-10(6-11)12-7-9-4-8(9)2/h8-12H,3-7H2,1-2H3. The van der Waals surface area contributed by atoms with E-state index in [1.165, 1.54) is 25.8 Å². The van der Waals surface area contributed by atoms with Crippen LogP contribution in [-0.2, 0) is 4.74 Å². The first kappa shape index (κ1) is 9.47. The van der Waals surface area contributed by atoms with Crippen LogP contribution in [0.5, 0.6) is 0 Å². The fraction of sp³-hybridized carbons (Fsp3) is 1.00. The molecule has 2 atom stereocenters. The van der Waals surface area contributed by atoms with Gasteiger partial charge < -0.3 is 10.1 Å². The lowest BCUT2D eigenvalue weighted by Crippen LogP contribution is -2.46. The van der Waals surface area contributed by atoms with Crippen LogP contribution in [0.15, 0.2) is 0 Å². The van der Waals surface area contributed by atoms with Crippen molar-refractivity contribution in [2.24, 2.45) is 11.8 Å². The van der Waals surface area contributed by atoms with Crippen LogP contribution in [0, 0.1) is 11.8 Å². The molecule has 0 bridgehead atoms. The molecule has 0 radical (unpaired) electrons. The third-order valence-electron chi connectivity index (χ3n) is 3.44. The summed E-state index contributed by atoms with van der Waals surface area (Å²) < 4.78 is 5.51. The van der Waals surface area contributed by atoms with E-state index in [1.807, 2.05) is 0 Å². The molecule has 0 aromatic rings. The Hall–Kier alpha value is -0.0800. The minimum Gasteiger partial charge on any atom is -0.378 e. The molecule has 13 heavy (non-hydrogen) atoms. The Labute approximate surface area is 81.0 Å². The van der Waals surface area contributed by atoms with Crippen molar-refractivity contribution in [1.29, 1.82) is 0 Å². The molecule has 76 valence electrons. The van der Waals surface area contributed by atoms with Crippen LogP contribution in [0.3, 0.4) is 0 Å². The predicted molar refractivity (Wildman–Crippen MR) is 53.7 cm³/mol. The number of ether oxygens (including phenoxy) is 1. The molecular formula is C11H21NO. The number of hydrogen-bond acceptors (Lipinski definition) is 2. The third kappa shape index (κ3) is 2.44. The van der Waals surface area contributed by atoms with Gasteiger partial charge in [0, 0.05) is 12.6 Å². The number of nitrogens with one attached hydrogen (secondary N) is 1. The Kier molecular flexibility index (Phi) is 2.89. The molecule has 2 aliphatic carbocycles. The molecule has 2 aliphatic rings. The quantitative estimate of drug-likeness (QED) is 0.701. The van der Waals surface area contributed by atoms with Crippen LogP contribution in [-0.4, -0.2) is 25.3 Å². The summed E-state index contributed by atoms with van der Waals surface area (Å²) >= 11 is 0. The summed E-state index contributed by atoms with van der Waals surface area (Å²) in [7, 11) is 0. The van der Waals surface area contributed by atoms with E-state index in [2.05, 4.69) is 19.2 Å². The molecule has 2 saturated carbocycles. The topological polar surface area (TPSA) is 21.3 Å². The van der Waals surface area contributed by atoms with Crippen LogP contribution < -0.4 is 5.32 Å². The van der Waals surface area contributed by atoms with E-state index in [0.29, 0.717) is 6.10 Å². The fourth-order valence-corrected chi connectivity index (χ4v) is 2.11. The fourth-order valence-electron chi connectivity index (χ4n) is 2.11. The lowest BCUT2D eigenvalue weighted by Gasteiger charge is -2.35. The van der Waals surface area contributed by atoms with Crippen LogP contribution >= 0.6 is 0 Å². The first-order valence-corrected chi connectivity index (χ1v) is 5.64. The van der Waals surface area contributed by atoms with Crippen molar-refractivity contribution in [3.63, 3.8) is 0 Å². The normalized spacial score (nSPS) is 42.9. The second-order valence-corrected chi connectivity index (χ2v) is 4.63. The monoisotopic (exact) mass is 183 g/mol. The van der Waals surface area contributed by atoms with Gasteiger partial charge in [0.2, 0.25) is 0 Å². The van der Waals surface area contributed by atoms with Gasteiger partial charge in [-0.05, 0) is 44.6 Å². The number of rotatable bonds is 5. The average Bonchev–Trinajstić information content (AvgIpc) is 2.72. The molecule has 0 amide bonds. The molecule has 2 heteroatoms. The number of hydrogen-bond donors (Lipinski definition) is 1. The molecule has 0 heterocycles. The minimum absolute atomic E-state index is 0.555. The Balaban J connectivity index is 1.50. The summed E-state index contributed by atoms with van der Waals surface area (Å²) in [5.41, 5.74) is 0. The zero-order valence-corrected chi connectivity index (χ0v) is 8.75. The molecule has 0 aliphatic heterocycles. The first-order valence-electron chi connectivity index (χ1n) is 5.64. The van der Waals surface area contributed by atoms with Crippen molar-refractivity contribution in [2.45, 2.75) is 45.3 Å². The molecule has 0 saturated heterocycles. The Morgan fingerprint density at radius 2 is 2.00 bits per heavy atom. The molecule has 2 rings (SSSR count). The summed E-state index contributed by atoms with van der Waals surface area (Å²) in [6.07, 6.45) is 4.46. The van der Waals surface area contributed by atoms with Gasteiger partial charge in [0.1, 0.15) is 0 Å². The third-order valence-corrected chi connectivity index (χ3v) is 3.44. The molecule has 0 aromatic carbocycles. The van der Waals surface area contributed by atoms with E-state index in [4.69, 9.17) is 4.74 Å². The highest BCUT2D eigenvalue weighted by Crippen LogP contribution is 2.37. The Bertz CT molecular complexity index is 165. The van der Waals surface area contributed by atoms with Gasteiger partial charge in [-0.3, -0.25) is 0 Å². The van der Waals surface area contributed by atoms with E-state index in [-0.39, 0.29) is 0 Å². The maximum Gasteiger partial charge on any atom is 0.0604 e. The molecule has 1 N–H and O–H groups in total. The summed E-state index contributed by atoms with van der Waals surface area (Å²) in [6.45, 7) is 6.53. The predicted octanol–water partition coefficient (Wildman–Crippen LogP) is 1.80. The second kappa shape index (κ2) is 3.97. The summed E-state index contributed by atoms with van der Waals surface area (Å²) in [5, 5.41) is 3.62. The van der Waals surface area contributed by atoms with E-state index < -0.39 is 0 Å². The maximum atomic E-state index is 5.51. The zero-order valence-electron chi connectivity index (χ0n) is 8.75. The second-order valence-electron chi connectivity index (χ2n) is 4.63. The van der Waals surface area contributed by atoms with E-state index in [9.17, 15) is 0 Å². The van der Waals surface area contributed by atoms with Crippen molar-refractivity contribution >= 4 is 0 Å². The van der Waals surface area contributed by atoms with E-state index in [0.717, 1.165) is 24.5 Å². The molecular weight excluding hydrogens is 162 g/mol. The van der Waals surface area contributed by atoms with Crippen molar-refractivity contribution in [3.05, 3.63) is 0 Å². The van der Waals surface area contributed by atoms with Crippen LogP contribution in [0.4, 0.5) is 0 Å². The smallest absolute Gasteiger partial charge is 0.0604 e. The highest BCUT2D eigenvalue weighted by atomic mass is 16.5. The SMILES string of the molecule is CCOC1CC(NCC2CC2C)C1. The van der Waals surface area contributed by atoms with Gasteiger partial charge >= 0.3 is 0 Å². The average molecular weight is 183 g/mol. The van der Waals surface area contributed by atoms with E-state index in [1.54, 1.807) is 0 Å². The summed E-state index contributed by atoms with van der Waals surface area (Å²) in [4.78, 5) is 0. The minimum atomic E-state index is 0.555. The lowest BCUT2D eigenvalue weighted by atomic mass is 9.89. The highest BCUT2D eigenvalue weighted by molar-refractivity contribution is 4.90. The lowest BCUT2D eigenvalue weighted by molar-refractivity contribution is -0.00999. The van der Waals surface area contributed by atoms with Crippen molar-refractivity contribution in [3.8, 4) is 0 Å². The Morgan fingerprint density at radius 3 is 2.54 bits per heavy atom. The molecule has 2 nitrogen and oxygen atoms in total. The van der Waals surface area contributed by atoms with Gasteiger partial charge in [0.25, 0.3) is 0 Å². The van der Waals surface area contributed by atoms with Crippen LogP contribution in [0.25, 0.3) is 0 Å². The molecule has 2 fully saturated rings. The van der Waals surface area contributed by atoms with Crippen molar-refractivity contribution in [2.75, 3.05) is 13.2 Å². The van der Waals surface area contributed by atoms with Gasteiger partial charge in [-0.2, -0.15) is 0 Å². The summed E-state index contributed by atoms with van der Waals surface area (Å²) in [6, 6.07) is 0.754. The zero-order chi connectivity index (χ0) is 9.26. The van der Waals surface area contributed by atoms with Gasteiger partial charge in [0.15, 0.2) is 0 Å². The Morgan fingerprint density at radius 1 is 1.31 bits per heavy atom. The summed E-state index contributed by atoms with van der Waals surface area (Å²) in [5.74, 6) is 1.96. The highest BCUT2D eigenvalue weighted by Gasteiger charge is 2.35. The molecule has 2 unspecified atom stereocenters. The van der Waals surface area contributed by atoms with Crippen molar-refractivity contribution in [1.82, 2.24) is 5.32 Å². The molecule has 0 aromatic heterocycles. The molecule has 0 spiro atoms. The van der Waals surface area contributed by atoms with E-state index >= 15 is 0 Å². The van der Waals surface area contributed by atoms with Gasteiger partial charge in [-0.15, -0.1) is 0 Å². The van der Waals surface area contributed by atoms with Gasteiger partial charge in [-0.1, -0.05) is 6.92 Å². The van der Waals surface area contributed by atoms with Crippen LogP contribution in [0.1, 0.15) is 33.1 Å².